The molecule has 1 amide bonds. The molecular weight excluding hydrogens is 267 g/mol. The van der Waals surface area contributed by atoms with Crippen LogP contribution < -0.4 is 5.32 Å². The van der Waals surface area contributed by atoms with Crippen LogP contribution in [0.15, 0.2) is 10.5 Å². The molecule has 1 unspecified atom stereocenters. The zero-order valence-electron chi connectivity index (χ0n) is 10.4. The molecule has 0 aliphatic rings. The van der Waals surface area contributed by atoms with Gasteiger partial charge in [0.05, 0.1) is 5.56 Å². The van der Waals surface area contributed by atoms with E-state index in [1.54, 1.807) is 0 Å². The van der Waals surface area contributed by atoms with Gasteiger partial charge in [0.25, 0.3) is 5.91 Å². The first-order valence-corrected chi connectivity index (χ1v) is 5.18. The van der Waals surface area contributed by atoms with E-state index in [0.717, 1.165) is 0 Å². The van der Waals surface area contributed by atoms with Gasteiger partial charge in [0, 0.05) is 0 Å². The summed E-state index contributed by atoms with van der Waals surface area (Å²) in [5, 5.41) is 10.2. The highest BCUT2D eigenvalue weighted by Gasteiger charge is 2.58. The molecular formula is C11H12F3NO4. The maximum Gasteiger partial charge on any atom is 0.422 e. The molecule has 0 spiro atoms. The molecule has 1 rings (SSSR count). The van der Waals surface area contributed by atoms with E-state index in [-0.39, 0.29) is 11.3 Å². The first-order chi connectivity index (χ1) is 8.49. The first-order valence-electron chi connectivity index (χ1n) is 5.18. The van der Waals surface area contributed by atoms with Crippen LogP contribution in [0.2, 0.25) is 0 Å². The third kappa shape index (κ3) is 2.72. The van der Waals surface area contributed by atoms with E-state index in [2.05, 4.69) is 0 Å². The lowest BCUT2D eigenvalue weighted by molar-refractivity contribution is -0.203. The molecule has 1 aromatic rings. The Hall–Kier alpha value is -1.99. The van der Waals surface area contributed by atoms with Crippen molar-refractivity contribution in [2.24, 2.45) is 0 Å². The third-order valence-electron chi connectivity index (χ3n) is 2.64. The highest BCUT2D eigenvalue weighted by Crippen LogP contribution is 2.31. The van der Waals surface area contributed by atoms with Crippen LogP contribution in [0.3, 0.4) is 0 Å². The zero-order chi connectivity index (χ0) is 15.0. The molecule has 0 aliphatic heterocycles. The Bertz CT molecular complexity index is 521. The number of nitrogens with one attached hydrogen (secondary N) is 1. The van der Waals surface area contributed by atoms with Gasteiger partial charge < -0.3 is 14.8 Å². The van der Waals surface area contributed by atoms with Crippen molar-refractivity contribution in [1.82, 2.24) is 5.32 Å². The number of alkyl halides is 3. The number of rotatable bonds is 3. The minimum absolute atomic E-state index is 0.116. The van der Waals surface area contributed by atoms with E-state index in [1.165, 1.54) is 25.2 Å². The lowest BCUT2D eigenvalue weighted by Gasteiger charge is -2.28. The Morgan fingerprint density at radius 1 is 1.32 bits per heavy atom. The maximum atomic E-state index is 12.7. The van der Waals surface area contributed by atoms with Crippen molar-refractivity contribution in [3.63, 3.8) is 0 Å². The molecule has 8 heteroatoms. The second-order valence-corrected chi connectivity index (χ2v) is 4.21. The number of aryl methyl sites for hydroxylation is 2. The summed E-state index contributed by atoms with van der Waals surface area (Å²) in [5.74, 6) is -2.89. The second-order valence-electron chi connectivity index (χ2n) is 4.21. The average molecular weight is 279 g/mol. The standard InChI is InChI=1S/C11H12F3NO4/c1-5-4-7(6(2)19-5)8(16)15-10(3,9(17)18)11(12,13)14/h4H,1-3H3,(H,15,16)(H,17,18). The van der Waals surface area contributed by atoms with E-state index >= 15 is 0 Å². The number of aliphatic carboxylic acids is 1. The molecule has 1 heterocycles. The Balaban J connectivity index is 3.09. The van der Waals surface area contributed by atoms with E-state index in [1.807, 2.05) is 0 Å². The summed E-state index contributed by atoms with van der Waals surface area (Å²) >= 11 is 0. The van der Waals surface area contributed by atoms with Gasteiger partial charge >= 0.3 is 12.1 Å². The second kappa shape index (κ2) is 4.60. The molecule has 0 saturated carbocycles. The summed E-state index contributed by atoms with van der Waals surface area (Å²) in [6.45, 7) is 3.30. The van der Waals surface area contributed by atoms with Gasteiger partial charge in [-0.15, -0.1) is 0 Å². The van der Waals surface area contributed by atoms with E-state index in [9.17, 15) is 22.8 Å². The van der Waals surface area contributed by atoms with Crippen molar-refractivity contribution in [3.05, 3.63) is 23.2 Å². The van der Waals surface area contributed by atoms with Gasteiger partial charge in [0.15, 0.2) is 0 Å². The van der Waals surface area contributed by atoms with Gasteiger partial charge in [-0.2, -0.15) is 13.2 Å². The smallest absolute Gasteiger partial charge is 0.422 e. The van der Waals surface area contributed by atoms with Crippen molar-refractivity contribution in [2.75, 3.05) is 0 Å². The van der Waals surface area contributed by atoms with Crippen LogP contribution in [-0.2, 0) is 4.79 Å². The lowest BCUT2D eigenvalue weighted by Crippen LogP contribution is -2.61. The Kier molecular flexibility index (Phi) is 3.65. The van der Waals surface area contributed by atoms with Crippen LogP contribution in [0.25, 0.3) is 0 Å². The van der Waals surface area contributed by atoms with Crippen LogP contribution in [0.4, 0.5) is 13.2 Å². The summed E-state index contributed by atoms with van der Waals surface area (Å²) in [5.41, 5.74) is -3.49. The van der Waals surface area contributed by atoms with Gasteiger partial charge in [-0.3, -0.25) is 4.79 Å². The number of furan rings is 1. The van der Waals surface area contributed by atoms with Crippen molar-refractivity contribution >= 4 is 11.9 Å². The minimum atomic E-state index is -5.12. The van der Waals surface area contributed by atoms with Gasteiger partial charge in [-0.1, -0.05) is 0 Å². The molecule has 5 nitrogen and oxygen atoms in total. The van der Waals surface area contributed by atoms with Gasteiger partial charge in [-0.25, -0.2) is 4.79 Å². The predicted octanol–water partition coefficient (Wildman–Crippen LogP) is 2.03. The quantitative estimate of drug-likeness (QED) is 0.887. The van der Waals surface area contributed by atoms with Crippen LogP contribution in [0.1, 0.15) is 28.8 Å². The van der Waals surface area contributed by atoms with E-state index in [4.69, 9.17) is 9.52 Å². The molecule has 0 aromatic carbocycles. The molecule has 0 aliphatic carbocycles. The van der Waals surface area contributed by atoms with Crippen molar-refractivity contribution in [1.29, 1.82) is 0 Å². The number of hydrogen-bond donors (Lipinski definition) is 2. The molecule has 0 saturated heterocycles. The summed E-state index contributed by atoms with van der Waals surface area (Å²) in [6.07, 6.45) is -5.12. The van der Waals surface area contributed by atoms with Crippen molar-refractivity contribution < 1.29 is 32.3 Å². The number of carboxylic acid groups (broad SMARTS) is 1. The Morgan fingerprint density at radius 3 is 2.16 bits per heavy atom. The molecule has 106 valence electrons. The average Bonchev–Trinajstić information content (AvgIpc) is 2.55. The fourth-order valence-electron chi connectivity index (χ4n) is 1.40. The molecule has 1 aromatic heterocycles. The zero-order valence-corrected chi connectivity index (χ0v) is 10.4. The summed E-state index contributed by atoms with van der Waals surface area (Å²) in [4.78, 5) is 22.5. The van der Waals surface area contributed by atoms with Crippen LogP contribution >= 0.6 is 0 Å². The largest absolute Gasteiger partial charge is 0.479 e. The molecule has 0 fully saturated rings. The molecule has 0 bridgehead atoms. The molecule has 1 atom stereocenters. The van der Waals surface area contributed by atoms with E-state index < -0.39 is 23.6 Å². The Morgan fingerprint density at radius 2 is 1.84 bits per heavy atom. The number of amides is 1. The van der Waals surface area contributed by atoms with Crippen LogP contribution in [0.5, 0.6) is 0 Å². The van der Waals surface area contributed by atoms with Crippen molar-refractivity contribution in [2.45, 2.75) is 32.5 Å². The molecule has 19 heavy (non-hydrogen) atoms. The number of carboxylic acids is 1. The first kappa shape index (κ1) is 15.1. The van der Waals surface area contributed by atoms with Crippen LogP contribution in [-0.4, -0.2) is 28.7 Å². The topological polar surface area (TPSA) is 79.5 Å². The monoisotopic (exact) mass is 279 g/mol. The van der Waals surface area contributed by atoms with Crippen molar-refractivity contribution in [3.8, 4) is 0 Å². The number of carbonyl (C=O) groups is 2. The molecule has 2 N–H and O–H groups in total. The third-order valence-corrected chi connectivity index (χ3v) is 2.64. The fraction of sp³-hybridized carbons (Fsp3) is 0.455. The summed E-state index contributed by atoms with van der Waals surface area (Å²) in [7, 11) is 0. The van der Waals surface area contributed by atoms with Gasteiger partial charge in [0.2, 0.25) is 5.54 Å². The SMILES string of the molecule is Cc1cc(C(=O)NC(C)(C(=O)O)C(F)(F)F)c(C)o1. The number of carbonyl (C=O) groups excluding carboxylic acids is 1. The van der Waals surface area contributed by atoms with Gasteiger partial charge in [0.1, 0.15) is 11.5 Å². The number of halogens is 3. The summed E-state index contributed by atoms with van der Waals surface area (Å²) < 4.78 is 43.2. The predicted molar refractivity (Wildman–Crippen MR) is 57.7 cm³/mol. The normalized spacial score (nSPS) is 14.8. The Labute approximate surface area is 106 Å². The van der Waals surface area contributed by atoms with E-state index in [0.29, 0.717) is 12.7 Å². The van der Waals surface area contributed by atoms with Gasteiger partial charge in [-0.05, 0) is 26.8 Å². The fourth-order valence-corrected chi connectivity index (χ4v) is 1.40. The summed E-state index contributed by atoms with van der Waals surface area (Å²) in [6, 6.07) is 1.24. The lowest BCUT2D eigenvalue weighted by atomic mass is 10.0. The van der Waals surface area contributed by atoms with Crippen LogP contribution in [0, 0.1) is 13.8 Å². The highest BCUT2D eigenvalue weighted by molar-refractivity contribution is 5.98. The highest BCUT2D eigenvalue weighted by atomic mass is 19.4. The number of hydrogen-bond acceptors (Lipinski definition) is 3. The minimum Gasteiger partial charge on any atom is -0.479 e. The maximum absolute atomic E-state index is 12.7. The molecule has 0 radical (unpaired) electrons.